The van der Waals surface area contributed by atoms with Crippen molar-refractivity contribution in [2.45, 2.75) is 6.10 Å². The summed E-state index contributed by atoms with van der Waals surface area (Å²) in [6.45, 7) is 0.442. The van der Waals surface area contributed by atoms with E-state index in [0.29, 0.717) is 6.54 Å². The topological polar surface area (TPSA) is 69.6 Å². The summed E-state index contributed by atoms with van der Waals surface area (Å²) in [7, 11) is 4.92. The summed E-state index contributed by atoms with van der Waals surface area (Å²) >= 11 is 0. The van der Waals surface area contributed by atoms with Crippen LogP contribution in [0.5, 0.6) is 0 Å². The summed E-state index contributed by atoms with van der Waals surface area (Å²) in [6.07, 6.45) is -0.639. The first-order valence-corrected chi connectivity index (χ1v) is 4.06. The quantitative estimate of drug-likeness (QED) is 0.485. The molecule has 0 fully saturated rings. The number of hydrogen-bond acceptors (Lipinski definition) is 4. The van der Waals surface area contributed by atoms with Crippen LogP contribution in [0.2, 0.25) is 0 Å². The van der Waals surface area contributed by atoms with Crippen LogP contribution >= 0.6 is 0 Å². The molecule has 0 aromatic heterocycles. The Hall–Kier alpha value is -0.650. The Balaban J connectivity index is 3.92. The number of quaternary nitrogens is 1. The Kier molecular flexibility index (Phi) is 4.90. The monoisotopic (exact) mass is 191 g/mol. The molecule has 1 unspecified atom stereocenters. The van der Waals surface area contributed by atoms with Crippen molar-refractivity contribution in [2.75, 3.05) is 40.9 Å². The first-order chi connectivity index (χ1) is 5.87. The summed E-state index contributed by atoms with van der Waals surface area (Å²) in [4.78, 5) is 10.3. The van der Waals surface area contributed by atoms with Crippen LogP contribution in [0.15, 0.2) is 0 Å². The minimum Gasteiger partial charge on any atom is -0.544 e. The van der Waals surface area contributed by atoms with Gasteiger partial charge in [0.1, 0.15) is 19.2 Å². The fraction of sp³-hybridized carbons (Fsp3) is 0.875. The van der Waals surface area contributed by atoms with Crippen molar-refractivity contribution in [3.63, 3.8) is 0 Å². The maximum Gasteiger partial charge on any atom is 0.126 e. The highest BCUT2D eigenvalue weighted by Gasteiger charge is 2.20. The van der Waals surface area contributed by atoms with E-state index in [0.717, 1.165) is 0 Å². The minimum atomic E-state index is -1.12. The van der Waals surface area contributed by atoms with Crippen LogP contribution in [-0.2, 0) is 9.53 Å². The smallest absolute Gasteiger partial charge is 0.126 e. The normalized spacial score (nSPS) is 14.2. The molecule has 0 aliphatic carbocycles. The average molecular weight is 191 g/mol. The Bertz CT molecular complexity index is 170. The third-order valence-electron chi connectivity index (χ3n) is 1.62. The second-order valence-electron chi connectivity index (χ2n) is 3.76. The van der Waals surface area contributed by atoms with Gasteiger partial charge in [-0.25, -0.2) is 0 Å². The van der Waals surface area contributed by atoms with Gasteiger partial charge in [-0.3, -0.25) is 0 Å². The molecule has 0 rings (SSSR count). The van der Waals surface area contributed by atoms with E-state index in [1.807, 2.05) is 0 Å². The number of carboxylic acid groups (broad SMARTS) is 1. The molecule has 0 saturated heterocycles. The summed E-state index contributed by atoms with van der Waals surface area (Å²) in [5.74, 6) is -1.12. The summed E-state index contributed by atoms with van der Waals surface area (Å²) in [5, 5.41) is 19.7. The molecular weight excluding hydrogens is 174 g/mol. The minimum absolute atomic E-state index is 0.110. The Labute approximate surface area is 78.1 Å². The number of aliphatic hydroxyl groups excluding tert-OH is 1. The van der Waals surface area contributed by atoms with E-state index in [-0.39, 0.29) is 17.6 Å². The lowest BCUT2D eigenvalue weighted by atomic mass is 10.3. The van der Waals surface area contributed by atoms with Crippen LogP contribution in [0.25, 0.3) is 0 Å². The van der Waals surface area contributed by atoms with Crippen LogP contribution in [0, 0.1) is 0 Å². The molecule has 0 aromatic rings. The molecular formula is C8H17NO4. The summed E-state index contributed by atoms with van der Waals surface area (Å²) < 4.78 is 4.92. The predicted molar refractivity (Wildman–Crippen MR) is 44.7 cm³/mol. The third kappa shape index (κ3) is 6.51. The molecule has 0 aliphatic rings. The van der Waals surface area contributed by atoms with Crippen molar-refractivity contribution < 1.29 is 24.2 Å². The Morgan fingerprint density at radius 1 is 1.62 bits per heavy atom. The molecule has 0 amide bonds. The van der Waals surface area contributed by atoms with Crippen LogP contribution in [0.4, 0.5) is 0 Å². The number of carboxylic acids is 1. The standard InChI is InChI=1S/C8H17NO4/c1-9(2,5-8(11)12)4-7(10)6-13-3/h7,10H,4-6H2,1-3H3. The second kappa shape index (κ2) is 5.16. The van der Waals surface area contributed by atoms with E-state index >= 15 is 0 Å². The van der Waals surface area contributed by atoms with Gasteiger partial charge in [-0.15, -0.1) is 0 Å². The Morgan fingerprint density at radius 2 is 2.15 bits per heavy atom. The largest absolute Gasteiger partial charge is 0.544 e. The number of nitrogens with zero attached hydrogens (tertiary/aromatic N) is 1. The van der Waals surface area contributed by atoms with Gasteiger partial charge < -0.3 is 24.2 Å². The van der Waals surface area contributed by atoms with E-state index in [9.17, 15) is 15.0 Å². The number of ether oxygens (including phenoxy) is 1. The van der Waals surface area contributed by atoms with Gasteiger partial charge in [0.2, 0.25) is 0 Å². The van der Waals surface area contributed by atoms with E-state index in [1.54, 1.807) is 14.1 Å². The number of aliphatic hydroxyl groups is 1. The van der Waals surface area contributed by atoms with Crippen molar-refractivity contribution in [2.24, 2.45) is 0 Å². The van der Waals surface area contributed by atoms with Gasteiger partial charge >= 0.3 is 0 Å². The zero-order valence-corrected chi connectivity index (χ0v) is 8.32. The van der Waals surface area contributed by atoms with E-state index in [2.05, 4.69) is 0 Å². The fourth-order valence-electron chi connectivity index (χ4n) is 1.23. The van der Waals surface area contributed by atoms with E-state index in [1.165, 1.54) is 7.11 Å². The highest BCUT2D eigenvalue weighted by atomic mass is 16.5. The van der Waals surface area contributed by atoms with Gasteiger partial charge in [-0.2, -0.15) is 0 Å². The first-order valence-electron chi connectivity index (χ1n) is 4.06. The van der Waals surface area contributed by atoms with Gasteiger partial charge in [0.15, 0.2) is 0 Å². The van der Waals surface area contributed by atoms with Crippen molar-refractivity contribution in [1.82, 2.24) is 0 Å². The van der Waals surface area contributed by atoms with Crippen molar-refractivity contribution in [3.8, 4) is 0 Å². The van der Waals surface area contributed by atoms with Gasteiger partial charge in [-0.1, -0.05) is 0 Å². The maximum atomic E-state index is 10.3. The SMILES string of the molecule is COCC(O)C[N+](C)(C)CC(=O)[O-]. The number of carbonyl (C=O) groups is 1. The third-order valence-corrected chi connectivity index (χ3v) is 1.62. The molecule has 5 heteroatoms. The molecule has 0 bridgehead atoms. The molecule has 1 atom stereocenters. The first kappa shape index (κ1) is 12.3. The maximum absolute atomic E-state index is 10.3. The average Bonchev–Trinajstić information content (AvgIpc) is 1.81. The van der Waals surface area contributed by atoms with Crippen LogP contribution in [0.3, 0.4) is 0 Å². The summed E-state index contributed by atoms with van der Waals surface area (Å²) in [5.41, 5.74) is 0. The molecule has 0 spiro atoms. The lowest BCUT2D eigenvalue weighted by Crippen LogP contribution is -2.52. The summed E-state index contributed by atoms with van der Waals surface area (Å²) in [6, 6.07) is 0. The highest BCUT2D eigenvalue weighted by Crippen LogP contribution is 1.99. The molecule has 0 aromatic carbocycles. The van der Waals surface area contributed by atoms with Crippen molar-refractivity contribution in [1.29, 1.82) is 0 Å². The van der Waals surface area contributed by atoms with Crippen LogP contribution in [0.1, 0.15) is 0 Å². The van der Waals surface area contributed by atoms with Gasteiger partial charge in [0.25, 0.3) is 0 Å². The number of aliphatic carboxylic acids is 1. The molecule has 0 radical (unpaired) electrons. The zero-order valence-electron chi connectivity index (χ0n) is 8.32. The molecule has 5 nitrogen and oxygen atoms in total. The zero-order chi connectivity index (χ0) is 10.5. The van der Waals surface area contributed by atoms with Crippen LogP contribution < -0.4 is 5.11 Å². The predicted octanol–water partition coefficient (Wildman–Crippen LogP) is -2.18. The molecule has 1 N–H and O–H groups in total. The number of carbonyl (C=O) groups excluding carboxylic acids is 1. The van der Waals surface area contributed by atoms with Gasteiger partial charge in [-0.05, 0) is 0 Å². The number of hydrogen-bond donors (Lipinski definition) is 1. The highest BCUT2D eigenvalue weighted by molar-refractivity contribution is 5.65. The molecule has 78 valence electrons. The number of rotatable bonds is 6. The van der Waals surface area contributed by atoms with Gasteiger partial charge in [0, 0.05) is 7.11 Å². The lowest BCUT2D eigenvalue weighted by Gasteiger charge is -2.31. The Morgan fingerprint density at radius 3 is 2.54 bits per heavy atom. The molecule has 0 aliphatic heterocycles. The lowest BCUT2D eigenvalue weighted by molar-refractivity contribution is -0.887. The van der Waals surface area contributed by atoms with Crippen molar-refractivity contribution >= 4 is 5.97 Å². The van der Waals surface area contributed by atoms with Gasteiger partial charge in [0.05, 0.1) is 26.7 Å². The van der Waals surface area contributed by atoms with E-state index in [4.69, 9.17) is 4.74 Å². The van der Waals surface area contributed by atoms with Crippen molar-refractivity contribution in [3.05, 3.63) is 0 Å². The second-order valence-corrected chi connectivity index (χ2v) is 3.76. The molecule has 13 heavy (non-hydrogen) atoms. The number of likely N-dealkylation sites (N-methyl/N-ethyl adjacent to an activating group) is 1. The number of methoxy groups -OCH3 is 1. The van der Waals surface area contributed by atoms with Crippen LogP contribution in [-0.4, -0.2) is 62.6 Å². The molecule has 0 heterocycles. The fourth-order valence-corrected chi connectivity index (χ4v) is 1.23. The molecule has 0 saturated carbocycles. The van der Waals surface area contributed by atoms with E-state index < -0.39 is 12.1 Å².